The summed E-state index contributed by atoms with van der Waals surface area (Å²) in [5.74, 6) is -0.183. The second-order valence-electron chi connectivity index (χ2n) is 11.6. The quantitative estimate of drug-likeness (QED) is 0.607. The van der Waals surface area contributed by atoms with Gasteiger partial charge >= 0.3 is 6.09 Å². The van der Waals surface area contributed by atoms with Gasteiger partial charge < -0.3 is 20.3 Å². The molecule has 2 aromatic rings. The maximum atomic E-state index is 13.9. The molecule has 0 aromatic heterocycles. The van der Waals surface area contributed by atoms with Crippen molar-refractivity contribution in [3.8, 4) is 0 Å². The zero-order valence-corrected chi connectivity index (χ0v) is 22.6. The molecule has 2 aliphatic rings. The zero-order chi connectivity index (χ0) is 26.8. The van der Waals surface area contributed by atoms with E-state index in [0.29, 0.717) is 31.5 Å². The lowest BCUT2D eigenvalue weighted by Gasteiger charge is -2.47. The number of hydrogen-bond acceptors (Lipinski definition) is 4. The average Bonchev–Trinajstić information content (AvgIpc) is 2.82. The summed E-state index contributed by atoms with van der Waals surface area (Å²) >= 11 is 0. The minimum absolute atomic E-state index is 0.0664. The van der Waals surface area contributed by atoms with Crippen molar-refractivity contribution in [1.29, 1.82) is 0 Å². The number of carbonyl (C=O) groups is 3. The third kappa shape index (κ3) is 6.32. The average molecular weight is 506 g/mol. The molecule has 0 spiro atoms. The van der Waals surface area contributed by atoms with Crippen LogP contribution in [0.5, 0.6) is 0 Å². The van der Waals surface area contributed by atoms with E-state index in [4.69, 9.17) is 4.74 Å². The Labute approximate surface area is 220 Å². The molecule has 37 heavy (non-hydrogen) atoms. The number of benzene rings is 2. The third-order valence-corrected chi connectivity index (χ3v) is 7.47. The van der Waals surface area contributed by atoms with E-state index < -0.39 is 17.2 Å². The Kier molecular flexibility index (Phi) is 7.62. The summed E-state index contributed by atoms with van der Waals surface area (Å²) in [5, 5.41) is 6.06. The van der Waals surface area contributed by atoms with Gasteiger partial charge in [-0.05, 0) is 89.1 Å². The summed E-state index contributed by atoms with van der Waals surface area (Å²) in [6, 6.07) is 15.3. The van der Waals surface area contributed by atoms with E-state index in [0.717, 1.165) is 18.4 Å². The second-order valence-corrected chi connectivity index (χ2v) is 11.6. The highest BCUT2D eigenvalue weighted by Gasteiger charge is 2.49. The molecule has 2 atom stereocenters. The van der Waals surface area contributed by atoms with Gasteiger partial charge in [0.25, 0.3) is 5.91 Å². The van der Waals surface area contributed by atoms with Crippen LogP contribution in [0, 0.1) is 13.8 Å². The number of carbonyl (C=O) groups excluding carboxylic acids is 3. The van der Waals surface area contributed by atoms with E-state index in [1.807, 2.05) is 23.1 Å². The van der Waals surface area contributed by atoms with Crippen molar-refractivity contribution < 1.29 is 19.1 Å². The summed E-state index contributed by atoms with van der Waals surface area (Å²) in [6.45, 7) is 10.5. The number of nitrogens with zero attached hydrogens (tertiary/aromatic N) is 1. The Morgan fingerprint density at radius 2 is 1.68 bits per heavy atom. The van der Waals surface area contributed by atoms with Crippen LogP contribution in [0.3, 0.4) is 0 Å². The minimum Gasteiger partial charge on any atom is -0.444 e. The first-order valence-corrected chi connectivity index (χ1v) is 13.2. The molecule has 1 heterocycles. The number of nitrogens with one attached hydrogen (secondary N) is 2. The molecule has 7 nitrogen and oxygen atoms in total. The lowest BCUT2D eigenvalue weighted by molar-refractivity contribution is -0.144. The van der Waals surface area contributed by atoms with Crippen LogP contribution in [0.4, 0.5) is 4.79 Å². The molecule has 1 aliphatic carbocycles. The van der Waals surface area contributed by atoms with Gasteiger partial charge in [-0.1, -0.05) is 36.4 Å². The number of ether oxygens (including phenoxy) is 1. The Balaban J connectivity index is 1.57. The van der Waals surface area contributed by atoms with E-state index in [9.17, 15) is 14.4 Å². The third-order valence-electron chi connectivity index (χ3n) is 7.47. The van der Waals surface area contributed by atoms with E-state index in [2.05, 4.69) is 42.7 Å². The summed E-state index contributed by atoms with van der Waals surface area (Å²) < 4.78 is 5.47. The van der Waals surface area contributed by atoms with Crippen LogP contribution in [-0.4, -0.2) is 53.1 Å². The van der Waals surface area contributed by atoms with E-state index in [1.54, 1.807) is 32.9 Å². The first-order valence-electron chi connectivity index (χ1n) is 13.2. The predicted molar refractivity (Wildman–Crippen MR) is 144 cm³/mol. The van der Waals surface area contributed by atoms with Crippen molar-refractivity contribution in [2.75, 3.05) is 13.1 Å². The topological polar surface area (TPSA) is 87.7 Å². The number of aryl methyl sites for hydroxylation is 2. The Bertz CT molecular complexity index is 1150. The van der Waals surface area contributed by atoms with Crippen LogP contribution in [0.2, 0.25) is 0 Å². The standard InChI is InChI=1S/C30H39N3O4/c1-20-12-13-23(16-21(20)2)24-17-25(31-26(34)22-10-7-6-8-11-22)19-33(18-24)27(35)30(14-9-15-30)32-28(36)37-29(3,4)5/h6-8,10-13,16,24-25H,9,14-15,17-19H2,1-5H3,(H,31,34)(H,32,36). The first-order chi connectivity index (χ1) is 17.5. The van der Waals surface area contributed by atoms with Crippen molar-refractivity contribution >= 4 is 17.9 Å². The molecular formula is C30H39N3O4. The van der Waals surface area contributed by atoms with Crippen LogP contribution in [-0.2, 0) is 9.53 Å². The summed E-state index contributed by atoms with van der Waals surface area (Å²) in [7, 11) is 0. The smallest absolute Gasteiger partial charge is 0.408 e. The Morgan fingerprint density at radius 3 is 2.27 bits per heavy atom. The van der Waals surface area contributed by atoms with Crippen molar-refractivity contribution in [3.05, 3.63) is 70.8 Å². The summed E-state index contributed by atoms with van der Waals surface area (Å²) in [4.78, 5) is 41.4. The van der Waals surface area contributed by atoms with Crippen molar-refractivity contribution in [2.45, 2.75) is 83.4 Å². The van der Waals surface area contributed by atoms with Gasteiger partial charge in [0.15, 0.2) is 0 Å². The van der Waals surface area contributed by atoms with Gasteiger partial charge in [0.05, 0.1) is 0 Å². The maximum Gasteiger partial charge on any atom is 0.408 e. The SMILES string of the molecule is Cc1ccc(C2CC(NC(=O)c3ccccc3)CN(C(=O)C3(NC(=O)OC(C)(C)C)CCC3)C2)cc1C. The molecule has 1 saturated heterocycles. The van der Waals surface area contributed by atoms with Gasteiger partial charge in [-0.25, -0.2) is 4.79 Å². The molecule has 1 saturated carbocycles. The molecule has 0 radical (unpaired) electrons. The summed E-state index contributed by atoms with van der Waals surface area (Å²) in [6.07, 6.45) is 2.19. The van der Waals surface area contributed by atoms with Crippen LogP contribution >= 0.6 is 0 Å². The van der Waals surface area contributed by atoms with Crippen LogP contribution in [0.1, 0.15) is 79.4 Å². The molecule has 4 rings (SSSR count). The number of alkyl carbamates (subject to hydrolysis) is 1. The van der Waals surface area contributed by atoms with Crippen molar-refractivity contribution in [2.24, 2.45) is 0 Å². The summed E-state index contributed by atoms with van der Waals surface area (Å²) in [5.41, 5.74) is 2.56. The number of hydrogen-bond donors (Lipinski definition) is 2. The Morgan fingerprint density at radius 1 is 0.973 bits per heavy atom. The molecule has 2 aromatic carbocycles. The largest absolute Gasteiger partial charge is 0.444 e. The molecule has 2 unspecified atom stereocenters. The zero-order valence-electron chi connectivity index (χ0n) is 22.6. The van der Waals surface area contributed by atoms with Gasteiger partial charge in [-0.3, -0.25) is 9.59 Å². The normalized spacial score (nSPS) is 20.9. The molecule has 7 heteroatoms. The lowest BCUT2D eigenvalue weighted by atomic mass is 9.74. The fourth-order valence-electron chi connectivity index (χ4n) is 5.21. The van der Waals surface area contributed by atoms with Gasteiger partial charge in [-0.2, -0.15) is 0 Å². The number of likely N-dealkylation sites (tertiary alicyclic amines) is 1. The predicted octanol–water partition coefficient (Wildman–Crippen LogP) is 4.87. The second kappa shape index (κ2) is 10.6. The number of rotatable bonds is 5. The monoisotopic (exact) mass is 505 g/mol. The van der Waals surface area contributed by atoms with Crippen LogP contribution < -0.4 is 10.6 Å². The van der Waals surface area contributed by atoms with Gasteiger partial charge in [0.2, 0.25) is 5.91 Å². The van der Waals surface area contributed by atoms with E-state index >= 15 is 0 Å². The molecule has 3 amide bonds. The number of amides is 3. The molecule has 2 fully saturated rings. The first kappa shape index (κ1) is 26.7. The van der Waals surface area contributed by atoms with Crippen LogP contribution in [0.25, 0.3) is 0 Å². The van der Waals surface area contributed by atoms with Crippen molar-refractivity contribution in [1.82, 2.24) is 15.5 Å². The molecule has 198 valence electrons. The molecule has 0 bridgehead atoms. The lowest BCUT2D eigenvalue weighted by Crippen LogP contribution is -2.66. The Hall–Kier alpha value is -3.35. The molecular weight excluding hydrogens is 466 g/mol. The van der Waals surface area contributed by atoms with Crippen LogP contribution in [0.15, 0.2) is 48.5 Å². The fourth-order valence-corrected chi connectivity index (χ4v) is 5.21. The highest BCUT2D eigenvalue weighted by molar-refractivity contribution is 5.94. The minimum atomic E-state index is -0.957. The molecule has 2 N–H and O–H groups in total. The van der Waals surface area contributed by atoms with Gasteiger partial charge in [0.1, 0.15) is 11.1 Å². The molecule has 1 aliphatic heterocycles. The van der Waals surface area contributed by atoms with Gasteiger partial charge in [0, 0.05) is 30.6 Å². The highest BCUT2D eigenvalue weighted by Crippen LogP contribution is 2.37. The highest BCUT2D eigenvalue weighted by atomic mass is 16.6. The van der Waals surface area contributed by atoms with Gasteiger partial charge in [-0.15, -0.1) is 0 Å². The van der Waals surface area contributed by atoms with E-state index in [-0.39, 0.29) is 23.8 Å². The number of piperidine rings is 1. The maximum absolute atomic E-state index is 13.9. The fraction of sp³-hybridized carbons (Fsp3) is 0.500. The van der Waals surface area contributed by atoms with Crippen molar-refractivity contribution in [3.63, 3.8) is 0 Å². The van der Waals surface area contributed by atoms with E-state index in [1.165, 1.54) is 11.1 Å².